The van der Waals surface area contributed by atoms with E-state index >= 15 is 0 Å². The average molecular weight is 463 g/mol. The van der Waals surface area contributed by atoms with Crippen LogP contribution in [0.15, 0.2) is 63.9 Å². The van der Waals surface area contributed by atoms with Gasteiger partial charge in [-0.3, -0.25) is 4.79 Å². The van der Waals surface area contributed by atoms with Crippen molar-refractivity contribution in [1.82, 2.24) is 10.3 Å². The molecule has 4 rings (SSSR count). The molecule has 34 heavy (non-hydrogen) atoms. The zero-order chi connectivity index (χ0) is 24.2. The van der Waals surface area contributed by atoms with Gasteiger partial charge in [0.25, 0.3) is 5.91 Å². The lowest BCUT2D eigenvalue weighted by molar-refractivity contribution is -0.142. The molecule has 0 bridgehead atoms. The summed E-state index contributed by atoms with van der Waals surface area (Å²) in [6.07, 6.45) is 2.54. The van der Waals surface area contributed by atoms with Crippen molar-refractivity contribution in [3.05, 3.63) is 76.3 Å². The lowest BCUT2D eigenvalue weighted by Crippen LogP contribution is -2.47. The Morgan fingerprint density at radius 1 is 1.12 bits per heavy atom. The van der Waals surface area contributed by atoms with E-state index in [2.05, 4.69) is 10.3 Å². The van der Waals surface area contributed by atoms with E-state index in [9.17, 15) is 19.5 Å². The summed E-state index contributed by atoms with van der Waals surface area (Å²) in [4.78, 5) is 39.6. The Bertz CT molecular complexity index is 1400. The van der Waals surface area contributed by atoms with E-state index in [1.165, 1.54) is 13.0 Å². The monoisotopic (exact) mass is 462 g/mol. The van der Waals surface area contributed by atoms with E-state index < -0.39 is 29.6 Å². The summed E-state index contributed by atoms with van der Waals surface area (Å²) in [7, 11) is 0. The molecule has 8 nitrogen and oxygen atoms in total. The molecule has 0 aliphatic carbocycles. The van der Waals surface area contributed by atoms with E-state index in [-0.39, 0.29) is 6.42 Å². The van der Waals surface area contributed by atoms with Gasteiger partial charge < -0.3 is 24.6 Å². The van der Waals surface area contributed by atoms with Gasteiger partial charge in [-0.1, -0.05) is 31.5 Å². The number of carboxylic acids is 1. The number of H-pyrrole nitrogens is 1. The number of fused-ring (bicyclic) bond motifs is 2. The van der Waals surface area contributed by atoms with Crippen LogP contribution in [0, 0.1) is 0 Å². The number of aryl methyl sites for hydroxylation is 1. The molecule has 2 heterocycles. The molecule has 3 N–H and O–H groups in total. The van der Waals surface area contributed by atoms with Crippen LogP contribution in [0.2, 0.25) is 0 Å². The molecule has 0 radical (unpaired) electrons. The van der Waals surface area contributed by atoms with Crippen LogP contribution in [0.1, 0.15) is 31.4 Å². The zero-order valence-corrected chi connectivity index (χ0v) is 19.0. The van der Waals surface area contributed by atoms with Crippen molar-refractivity contribution < 1.29 is 23.8 Å². The Hall–Kier alpha value is -4.07. The quantitative estimate of drug-likeness (QED) is 0.325. The lowest BCUT2D eigenvalue weighted by atomic mass is 10.0. The predicted molar refractivity (Wildman–Crippen MR) is 128 cm³/mol. The number of hydrogen-bond acceptors (Lipinski definition) is 5. The maximum absolute atomic E-state index is 12.7. The third-order valence-electron chi connectivity index (χ3n) is 5.72. The van der Waals surface area contributed by atoms with Gasteiger partial charge in [0.05, 0.1) is 0 Å². The first kappa shape index (κ1) is 23.1. The highest BCUT2D eigenvalue weighted by Crippen LogP contribution is 2.24. The molecule has 0 saturated heterocycles. The number of carbonyl (C=O) groups is 2. The highest BCUT2D eigenvalue weighted by Gasteiger charge is 2.25. The Labute approximate surface area is 195 Å². The molecule has 1 amide bonds. The molecular formula is C26H26N2O6. The Kier molecular flexibility index (Phi) is 6.67. The molecule has 8 heteroatoms. The number of aliphatic carboxylic acids is 1. The fourth-order valence-corrected chi connectivity index (χ4v) is 4.03. The summed E-state index contributed by atoms with van der Waals surface area (Å²) >= 11 is 0. The highest BCUT2D eigenvalue weighted by molar-refractivity contribution is 5.88. The summed E-state index contributed by atoms with van der Waals surface area (Å²) in [5.41, 5.74) is 2.52. The van der Waals surface area contributed by atoms with Gasteiger partial charge in [0.2, 0.25) is 0 Å². The summed E-state index contributed by atoms with van der Waals surface area (Å²) in [6.45, 7) is 3.56. The van der Waals surface area contributed by atoms with Gasteiger partial charge >= 0.3 is 11.6 Å². The number of rotatable bonds is 9. The van der Waals surface area contributed by atoms with Gasteiger partial charge in [-0.2, -0.15) is 0 Å². The largest absolute Gasteiger partial charge is 0.481 e. The van der Waals surface area contributed by atoms with Gasteiger partial charge in [-0.05, 0) is 42.7 Å². The number of ether oxygens (including phenoxy) is 1. The third kappa shape index (κ3) is 4.96. The number of carbonyl (C=O) groups excluding carboxylic acids is 1. The van der Waals surface area contributed by atoms with Crippen LogP contribution in [0.25, 0.3) is 21.9 Å². The van der Waals surface area contributed by atoms with Crippen molar-refractivity contribution in [2.24, 2.45) is 0 Å². The fraction of sp³-hybridized carbons (Fsp3) is 0.269. The second-order valence-electron chi connectivity index (χ2n) is 8.22. The van der Waals surface area contributed by atoms with Crippen molar-refractivity contribution >= 4 is 33.7 Å². The van der Waals surface area contributed by atoms with Crippen molar-refractivity contribution in [3.8, 4) is 5.75 Å². The lowest BCUT2D eigenvalue weighted by Gasteiger charge is -2.19. The van der Waals surface area contributed by atoms with Gasteiger partial charge in [0, 0.05) is 41.0 Å². The Morgan fingerprint density at radius 2 is 1.91 bits per heavy atom. The Balaban J connectivity index is 1.47. The van der Waals surface area contributed by atoms with Gasteiger partial charge in [0.1, 0.15) is 17.4 Å². The first-order chi connectivity index (χ1) is 16.4. The van der Waals surface area contributed by atoms with Crippen LogP contribution in [0.4, 0.5) is 0 Å². The van der Waals surface area contributed by atoms with Crippen LogP contribution >= 0.6 is 0 Å². The maximum Gasteiger partial charge on any atom is 0.336 e. The number of para-hydroxylation sites is 1. The molecule has 176 valence electrons. The molecule has 0 aliphatic heterocycles. The van der Waals surface area contributed by atoms with E-state index in [1.54, 1.807) is 24.4 Å². The van der Waals surface area contributed by atoms with E-state index in [1.807, 2.05) is 31.2 Å². The molecule has 2 unspecified atom stereocenters. The van der Waals surface area contributed by atoms with E-state index in [0.717, 1.165) is 40.3 Å². The summed E-state index contributed by atoms with van der Waals surface area (Å²) in [5, 5.41) is 14.0. The fourth-order valence-electron chi connectivity index (χ4n) is 4.03. The minimum atomic E-state index is -1.14. The van der Waals surface area contributed by atoms with Crippen LogP contribution in [0.3, 0.4) is 0 Å². The second-order valence-corrected chi connectivity index (χ2v) is 8.22. The number of carboxylic acid groups (broad SMARTS) is 1. The minimum absolute atomic E-state index is 0.124. The molecule has 0 saturated carbocycles. The first-order valence-electron chi connectivity index (χ1n) is 11.2. The number of aromatic nitrogens is 1. The van der Waals surface area contributed by atoms with Crippen molar-refractivity contribution in [2.75, 3.05) is 0 Å². The molecule has 2 aromatic heterocycles. The van der Waals surface area contributed by atoms with E-state index in [0.29, 0.717) is 11.3 Å². The highest BCUT2D eigenvalue weighted by atomic mass is 16.5. The summed E-state index contributed by atoms with van der Waals surface area (Å²) in [5.74, 6) is -1.36. The van der Waals surface area contributed by atoms with Crippen molar-refractivity contribution in [3.63, 3.8) is 0 Å². The van der Waals surface area contributed by atoms with Crippen LogP contribution in [-0.2, 0) is 22.4 Å². The van der Waals surface area contributed by atoms with Gasteiger partial charge in [-0.25, -0.2) is 9.59 Å². The predicted octanol–water partition coefficient (Wildman–Crippen LogP) is 3.81. The molecular weight excluding hydrogens is 436 g/mol. The molecule has 0 fully saturated rings. The topological polar surface area (TPSA) is 122 Å². The van der Waals surface area contributed by atoms with Crippen molar-refractivity contribution in [2.45, 2.75) is 45.3 Å². The van der Waals surface area contributed by atoms with Crippen molar-refractivity contribution in [1.29, 1.82) is 0 Å². The summed E-state index contributed by atoms with van der Waals surface area (Å²) < 4.78 is 11.0. The molecule has 4 aromatic rings. The minimum Gasteiger partial charge on any atom is -0.481 e. The zero-order valence-electron chi connectivity index (χ0n) is 19.0. The third-order valence-corrected chi connectivity index (χ3v) is 5.72. The molecule has 0 spiro atoms. The van der Waals surface area contributed by atoms with Crippen LogP contribution in [-0.4, -0.2) is 34.1 Å². The second kappa shape index (κ2) is 9.82. The van der Waals surface area contributed by atoms with Gasteiger partial charge in [-0.15, -0.1) is 0 Å². The molecule has 2 aromatic carbocycles. The molecule has 0 aliphatic rings. The number of benzene rings is 2. The Morgan fingerprint density at radius 3 is 2.68 bits per heavy atom. The smallest absolute Gasteiger partial charge is 0.336 e. The summed E-state index contributed by atoms with van der Waals surface area (Å²) in [6, 6.07) is 13.0. The normalized spacial score (nSPS) is 13.0. The molecule has 2 atom stereocenters. The SMILES string of the molecule is CCCc1cc(=O)oc2cc(OC(C)C(=O)NC(Cc3c[nH]c4ccccc34)C(=O)O)ccc12. The number of aromatic amines is 1. The number of hydrogen-bond donors (Lipinski definition) is 3. The van der Waals surface area contributed by atoms with Crippen LogP contribution < -0.4 is 15.7 Å². The van der Waals surface area contributed by atoms with Crippen LogP contribution in [0.5, 0.6) is 5.75 Å². The average Bonchev–Trinajstić information content (AvgIpc) is 3.21. The van der Waals surface area contributed by atoms with Gasteiger partial charge in [0.15, 0.2) is 6.10 Å². The number of nitrogens with one attached hydrogen (secondary N) is 2. The number of amides is 1. The first-order valence-corrected chi connectivity index (χ1v) is 11.2. The maximum atomic E-state index is 12.7. The van der Waals surface area contributed by atoms with E-state index in [4.69, 9.17) is 9.15 Å². The standard InChI is InChI=1S/C26H26N2O6/c1-3-6-16-12-24(29)34-23-13-18(9-10-20(16)23)33-15(2)25(30)28-22(26(31)32)11-17-14-27-21-8-5-4-7-19(17)21/h4-5,7-10,12-15,22,27H,3,6,11H2,1-2H3,(H,28,30)(H,31,32).